The van der Waals surface area contributed by atoms with Crippen molar-refractivity contribution in [3.63, 3.8) is 0 Å². The fourth-order valence-corrected chi connectivity index (χ4v) is 2.41. The Morgan fingerprint density at radius 3 is 2.78 bits per heavy atom. The molecular weight excluding hydrogens is 226 g/mol. The van der Waals surface area contributed by atoms with Gasteiger partial charge in [-0.1, -0.05) is 0 Å². The van der Waals surface area contributed by atoms with Crippen molar-refractivity contribution < 1.29 is 0 Å². The van der Waals surface area contributed by atoms with Crippen molar-refractivity contribution >= 4 is 5.95 Å². The number of aryl methyl sites for hydroxylation is 1. The van der Waals surface area contributed by atoms with E-state index in [1.54, 1.807) is 6.07 Å². The topological polar surface area (TPSA) is 78.8 Å². The molecule has 2 N–H and O–H groups in total. The summed E-state index contributed by atoms with van der Waals surface area (Å²) >= 11 is 0. The predicted octanol–water partition coefficient (Wildman–Crippen LogP) is 1.22. The monoisotopic (exact) mass is 245 g/mol. The Balaban J connectivity index is 2.05. The highest BCUT2D eigenvalue weighted by atomic mass is 15.3. The summed E-state index contributed by atoms with van der Waals surface area (Å²) < 4.78 is 0. The summed E-state index contributed by atoms with van der Waals surface area (Å²) in [6, 6.07) is 3.80. The second kappa shape index (κ2) is 5.78. The van der Waals surface area contributed by atoms with E-state index in [0.29, 0.717) is 11.6 Å². The Hall–Kier alpha value is -1.67. The summed E-state index contributed by atoms with van der Waals surface area (Å²) in [5.41, 5.74) is 6.88. The molecule has 5 heteroatoms. The highest BCUT2D eigenvalue weighted by Crippen LogP contribution is 2.22. The van der Waals surface area contributed by atoms with Gasteiger partial charge in [-0.05, 0) is 44.7 Å². The van der Waals surface area contributed by atoms with Crippen molar-refractivity contribution in [1.29, 1.82) is 5.26 Å². The van der Waals surface area contributed by atoms with Gasteiger partial charge in [-0.3, -0.25) is 0 Å². The molecule has 1 aliphatic rings. The molecule has 1 aromatic heterocycles. The normalized spacial score (nSPS) is 16.6. The maximum absolute atomic E-state index is 8.92. The van der Waals surface area contributed by atoms with Gasteiger partial charge in [-0.15, -0.1) is 0 Å². The molecule has 0 radical (unpaired) electrons. The molecule has 0 saturated carbocycles. The van der Waals surface area contributed by atoms with Crippen molar-refractivity contribution in [2.75, 3.05) is 24.5 Å². The van der Waals surface area contributed by atoms with Gasteiger partial charge in [0.25, 0.3) is 0 Å². The molecule has 0 aliphatic carbocycles. The van der Waals surface area contributed by atoms with Crippen LogP contribution in [0.3, 0.4) is 0 Å². The molecule has 5 nitrogen and oxygen atoms in total. The van der Waals surface area contributed by atoms with Gasteiger partial charge in [0.15, 0.2) is 0 Å². The van der Waals surface area contributed by atoms with Crippen molar-refractivity contribution in [2.24, 2.45) is 11.7 Å². The van der Waals surface area contributed by atoms with E-state index >= 15 is 0 Å². The minimum atomic E-state index is 0.446. The Bertz CT molecular complexity index is 443. The van der Waals surface area contributed by atoms with Crippen LogP contribution >= 0.6 is 0 Å². The molecule has 96 valence electrons. The van der Waals surface area contributed by atoms with Crippen LogP contribution < -0.4 is 10.6 Å². The van der Waals surface area contributed by atoms with E-state index in [4.69, 9.17) is 11.0 Å². The molecule has 0 aromatic carbocycles. The third-order valence-corrected chi connectivity index (χ3v) is 3.43. The van der Waals surface area contributed by atoms with E-state index in [2.05, 4.69) is 20.9 Å². The molecular formula is C13H19N5. The number of aromatic nitrogens is 2. The first-order chi connectivity index (χ1) is 8.72. The van der Waals surface area contributed by atoms with Crippen LogP contribution in [0.25, 0.3) is 0 Å². The number of hydrogen-bond donors (Lipinski definition) is 1. The van der Waals surface area contributed by atoms with Gasteiger partial charge >= 0.3 is 0 Å². The highest BCUT2D eigenvalue weighted by molar-refractivity contribution is 5.36. The van der Waals surface area contributed by atoms with Gasteiger partial charge in [0, 0.05) is 18.8 Å². The van der Waals surface area contributed by atoms with Crippen molar-refractivity contribution in [1.82, 2.24) is 9.97 Å². The average Bonchev–Trinajstić information content (AvgIpc) is 2.39. The van der Waals surface area contributed by atoms with E-state index in [-0.39, 0.29) is 0 Å². The number of piperidine rings is 1. The zero-order chi connectivity index (χ0) is 13.0. The first kappa shape index (κ1) is 12.8. The zero-order valence-electron chi connectivity index (χ0n) is 10.8. The molecule has 1 saturated heterocycles. The maximum Gasteiger partial charge on any atom is 0.226 e. The minimum absolute atomic E-state index is 0.446. The molecule has 0 bridgehead atoms. The summed E-state index contributed by atoms with van der Waals surface area (Å²) in [4.78, 5) is 10.9. The molecule has 0 unspecified atom stereocenters. The zero-order valence-corrected chi connectivity index (χ0v) is 10.8. The van der Waals surface area contributed by atoms with E-state index in [1.807, 2.05) is 6.92 Å². The summed E-state index contributed by atoms with van der Waals surface area (Å²) in [5.74, 6) is 1.42. The molecule has 18 heavy (non-hydrogen) atoms. The first-order valence-corrected chi connectivity index (χ1v) is 6.43. The van der Waals surface area contributed by atoms with Crippen LogP contribution in [0, 0.1) is 24.2 Å². The van der Waals surface area contributed by atoms with Crippen molar-refractivity contribution in [3.05, 3.63) is 17.5 Å². The lowest BCUT2D eigenvalue weighted by Crippen LogP contribution is -2.35. The molecule has 2 rings (SSSR count). The highest BCUT2D eigenvalue weighted by Gasteiger charge is 2.20. The van der Waals surface area contributed by atoms with Gasteiger partial charge in [-0.2, -0.15) is 5.26 Å². The molecule has 1 aliphatic heterocycles. The first-order valence-electron chi connectivity index (χ1n) is 6.43. The van der Waals surface area contributed by atoms with Gasteiger partial charge in [0.1, 0.15) is 11.8 Å². The second-order valence-corrected chi connectivity index (χ2v) is 4.81. The third kappa shape index (κ3) is 2.96. The maximum atomic E-state index is 8.92. The van der Waals surface area contributed by atoms with E-state index in [9.17, 15) is 0 Å². The molecule has 1 aromatic rings. The van der Waals surface area contributed by atoms with Crippen LogP contribution in [0.1, 0.15) is 30.7 Å². The lowest BCUT2D eigenvalue weighted by Gasteiger charge is -2.31. The third-order valence-electron chi connectivity index (χ3n) is 3.43. The minimum Gasteiger partial charge on any atom is -0.341 e. The Morgan fingerprint density at radius 1 is 1.44 bits per heavy atom. The van der Waals surface area contributed by atoms with Crippen LogP contribution in [0.2, 0.25) is 0 Å². The molecule has 0 atom stereocenters. The number of rotatable bonds is 3. The van der Waals surface area contributed by atoms with Crippen LogP contribution in [0.4, 0.5) is 5.95 Å². The Kier molecular flexibility index (Phi) is 4.11. The van der Waals surface area contributed by atoms with Gasteiger partial charge in [0.05, 0.1) is 0 Å². The van der Waals surface area contributed by atoms with Crippen LogP contribution in [0.5, 0.6) is 0 Å². The van der Waals surface area contributed by atoms with Gasteiger partial charge in [-0.25, -0.2) is 9.97 Å². The van der Waals surface area contributed by atoms with Gasteiger partial charge < -0.3 is 10.6 Å². The Morgan fingerprint density at radius 2 is 2.17 bits per heavy atom. The second-order valence-electron chi connectivity index (χ2n) is 4.81. The number of nitrogens with two attached hydrogens (primary N) is 1. The quantitative estimate of drug-likeness (QED) is 0.866. The van der Waals surface area contributed by atoms with Crippen molar-refractivity contribution in [3.8, 4) is 6.07 Å². The summed E-state index contributed by atoms with van der Waals surface area (Å²) in [6.45, 7) is 4.58. The summed E-state index contributed by atoms with van der Waals surface area (Å²) in [5, 5.41) is 8.92. The van der Waals surface area contributed by atoms with Crippen LogP contribution in [0.15, 0.2) is 6.07 Å². The largest absolute Gasteiger partial charge is 0.341 e. The smallest absolute Gasteiger partial charge is 0.226 e. The standard InChI is InChI=1S/C13H19N5/c1-10-8-12(9-15)17-13(16-10)18-6-3-11(2-5-14)4-7-18/h8,11H,2-7,14H2,1H3. The lowest BCUT2D eigenvalue weighted by molar-refractivity contribution is 0.383. The summed E-state index contributed by atoms with van der Waals surface area (Å²) in [6.07, 6.45) is 3.37. The van der Waals surface area contributed by atoms with Crippen LogP contribution in [-0.2, 0) is 0 Å². The van der Waals surface area contributed by atoms with Crippen LogP contribution in [-0.4, -0.2) is 29.6 Å². The summed E-state index contributed by atoms with van der Waals surface area (Å²) in [7, 11) is 0. The Labute approximate surface area is 108 Å². The number of anilines is 1. The lowest BCUT2D eigenvalue weighted by atomic mass is 9.94. The molecule has 0 amide bonds. The van der Waals surface area contributed by atoms with Gasteiger partial charge in [0.2, 0.25) is 5.95 Å². The number of nitrogens with zero attached hydrogens (tertiary/aromatic N) is 4. The number of nitriles is 1. The average molecular weight is 245 g/mol. The molecule has 2 heterocycles. The molecule has 0 spiro atoms. The van der Waals surface area contributed by atoms with E-state index < -0.39 is 0 Å². The SMILES string of the molecule is Cc1cc(C#N)nc(N2CCC(CCN)CC2)n1. The van der Waals surface area contributed by atoms with E-state index in [0.717, 1.165) is 50.5 Å². The fraction of sp³-hybridized carbons (Fsp3) is 0.615. The van der Waals surface area contributed by atoms with E-state index in [1.165, 1.54) is 0 Å². The predicted molar refractivity (Wildman–Crippen MR) is 70.1 cm³/mol. The fourth-order valence-electron chi connectivity index (χ4n) is 2.41. The molecule has 1 fully saturated rings. The van der Waals surface area contributed by atoms with Crippen molar-refractivity contribution in [2.45, 2.75) is 26.2 Å². The number of hydrogen-bond acceptors (Lipinski definition) is 5.